The van der Waals surface area contributed by atoms with Gasteiger partial charge in [0.2, 0.25) is 5.72 Å². The van der Waals surface area contributed by atoms with Gasteiger partial charge < -0.3 is 28.0 Å². The molecule has 5 rings (SSSR count). The zero-order valence-corrected chi connectivity index (χ0v) is 35.7. The highest BCUT2D eigenvalue weighted by atomic mass is 31.2. The number of methoxy groups -OCH3 is 2. The third-order valence-corrected chi connectivity index (χ3v) is 12.2. The fourth-order valence-electron chi connectivity index (χ4n) is 7.42. The van der Waals surface area contributed by atoms with Crippen LogP contribution in [0.4, 0.5) is 0 Å². The van der Waals surface area contributed by atoms with Gasteiger partial charge in [0.1, 0.15) is 23.2 Å². The minimum atomic E-state index is -1.91. The van der Waals surface area contributed by atoms with E-state index in [0.717, 1.165) is 21.3 Å². The van der Waals surface area contributed by atoms with Crippen molar-refractivity contribution < 1.29 is 32.8 Å². The lowest BCUT2D eigenvalue weighted by Crippen LogP contribution is -2.53. The van der Waals surface area contributed by atoms with Crippen LogP contribution in [0.25, 0.3) is 0 Å². The molecule has 310 valence electrons. The van der Waals surface area contributed by atoms with Crippen molar-refractivity contribution >= 4 is 14.3 Å². The monoisotopic (exact) mass is 814 g/mol. The molecule has 58 heavy (non-hydrogen) atoms. The maximum Gasteiger partial charge on any atom is 0.331 e. The Balaban J connectivity index is 1.72. The van der Waals surface area contributed by atoms with Crippen molar-refractivity contribution in [3.8, 4) is 17.6 Å². The van der Waals surface area contributed by atoms with E-state index in [0.29, 0.717) is 11.5 Å². The molecule has 2 heterocycles. The molecule has 1 fully saturated rings. The first-order chi connectivity index (χ1) is 27.6. The molecule has 1 unspecified atom stereocenters. The number of nitriles is 1. The zero-order chi connectivity index (χ0) is 42.3. The number of rotatable bonds is 18. The van der Waals surface area contributed by atoms with Gasteiger partial charge in [0.25, 0.3) is 14.1 Å². The number of benzene rings is 3. The van der Waals surface area contributed by atoms with Gasteiger partial charge >= 0.3 is 5.69 Å². The van der Waals surface area contributed by atoms with Crippen molar-refractivity contribution in [2.75, 3.05) is 27.4 Å². The second kappa shape index (κ2) is 18.9. The van der Waals surface area contributed by atoms with Gasteiger partial charge in [-0.05, 0) is 68.7 Å². The second-order valence-electron chi connectivity index (χ2n) is 15.7. The molecule has 14 heteroatoms. The molecule has 13 nitrogen and oxygen atoms in total. The van der Waals surface area contributed by atoms with Crippen LogP contribution in [0.15, 0.2) is 101 Å². The number of ether oxygens (including phenoxy) is 4. The van der Waals surface area contributed by atoms with Gasteiger partial charge in [0, 0.05) is 36.2 Å². The molecule has 0 saturated carbocycles. The lowest BCUT2D eigenvalue weighted by molar-refractivity contribution is -0.175. The van der Waals surface area contributed by atoms with Crippen molar-refractivity contribution in [1.29, 1.82) is 5.26 Å². The Labute approximate surface area is 341 Å². The van der Waals surface area contributed by atoms with E-state index in [1.165, 1.54) is 12.3 Å². The van der Waals surface area contributed by atoms with Gasteiger partial charge in [-0.15, -0.1) is 0 Å². The first-order valence-corrected chi connectivity index (χ1v) is 20.5. The molecular formula is C44H55N4O9P. The summed E-state index contributed by atoms with van der Waals surface area (Å²) in [7, 11) is 1.37. The van der Waals surface area contributed by atoms with Crippen molar-refractivity contribution in [2.45, 2.75) is 96.9 Å². The first kappa shape index (κ1) is 44.4. The number of carbonyl (C=O) groups excluding carboxylic acids is 1. The summed E-state index contributed by atoms with van der Waals surface area (Å²) in [6.45, 7) is 13.4. The number of nitrogens with zero attached hydrogens (tertiary/aromatic N) is 3. The van der Waals surface area contributed by atoms with Crippen LogP contribution in [-0.4, -0.2) is 71.7 Å². The normalized spacial score (nSPS) is 19.0. The highest BCUT2D eigenvalue weighted by Crippen LogP contribution is 2.52. The number of hydrogen-bond acceptors (Lipinski definition) is 11. The van der Waals surface area contributed by atoms with Crippen molar-refractivity contribution in [3.05, 3.63) is 129 Å². The topological polar surface area (TPSA) is 154 Å². The Kier molecular flexibility index (Phi) is 14.5. The third-order valence-electron chi connectivity index (χ3n) is 10.0. The molecule has 0 aliphatic carbocycles. The summed E-state index contributed by atoms with van der Waals surface area (Å²) < 4.78 is 41.9. The number of carbonyl (C=O) groups is 1. The largest absolute Gasteiger partial charge is 0.497 e. The Hall–Kier alpha value is -4.67. The molecule has 1 aliphatic heterocycles. The number of Topliss-reactive ketones (excluding diaryl/α,β-unsaturated/α-hetero) is 1. The van der Waals surface area contributed by atoms with Crippen LogP contribution in [0.5, 0.6) is 11.5 Å². The molecule has 0 amide bonds. The minimum absolute atomic E-state index is 0.0242. The lowest BCUT2D eigenvalue weighted by atomic mass is 9.80. The summed E-state index contributed by atoms with van der Waals surface area (Å²) in [4.78, 5) is 43.1. The van der Waals surface area contributed by atoms with E-state index < -0.39 is 54.5 Å². The van der Waals surface area contributed by atoms with E-state index in [9.17, 15) is 19.6 Å². The van der Waals surface area contributed by atoms with Crippen LogP contribution in [0.1, 0.15) is 78.0 Å². The fourth-order valence-corrected chi connectivity index (χ4v) is 9.16. The summed E-state index contributed by atoms with van der Waals surface area (Å²) in [6.07, 6.45) is -0.553. The van der Waals surface area contributed by atoms with Crippen LogP contribution in [0.2, 0.25) is 0 Å². The molecule has 1 saturated heterocycles. The summed E-state index contributed by atoms with van der Waals surface area (Å²) in [5.74, 6) is 0.924. The highest BCUT2D eigenvalue weighted by molar-refractivity contribution is 7.44. The SMILES string of the molecule is COc1ccc(C(OC[C@H]2O[C@@](C(=O)C(C)(C)C)(n3ccc(=O)[nH]c3=O)C[C@@H]2OP(OCCC#N)N(C(C)C)C(C)C)(c2ccccc2)c2ccc(OC)cc2)cc1. The molecule has 4 atom stereocenters. The maximum atomic E-state index is 14.8. The number of aromatic nitrogens is 2. The first-order valence-electron chi connectivity index (χ1n) is 19.4. The van der Waals surface area contributed by atoms with E-state index in [1.54, 1.807) is 35.0 Å². The number of ketones is 1. The molecule has 4 aromatic rings. The van der Waals surface area contributed by atoms with Crippen LogP contribution < -0.4 is 20.7 Å². The Morgan fingerprint density at radius 3 is 1.95 bits per heavy atom. The van der Waals surface area contributed by atoms with Crippen molar-refractivity contribution in [3.63, 3.8) is 0 Å². The lowest BCUT2D eigenvalue weighted by Gasteiger charge is -2.39. The van der Waals surface area contributed by atoms with Gasteiger partial charge in [-0.1, -0.05) is 75.4 Å². The molecule has 0 spiro atoms. The van der Waals surface area contributed by atoms with Gasteiger partial charge in [0.05, 0.1) is 46.0 Å². The fraction of sp³-hybridized carbons (Fsp3) is 0.455. The molecule has 3 aromatic carbocycles. The summed E-state index contributed by atoms with van der Waals surface area (Å²) >= 11 is 0. The Bertz CT molecular complexity index is 2070. The highest BCUT2D eigenvalue weighted by Gasteiger charge is 2.58. The second-order valence-corrected chi connectivity index (χ2v) is 17.1. The zero-order valence-electron chi connectivity index (χ0n) is 34.8. The summed E-state index contributed by atoms with van der Waals surface area (Å²) in [5, 5.41) is 9.40. The average Bonchev–Trinajstić information content (AvgIpc) is 3.56. The molecule has 1 aromatic heterocycles. The van der Waals surface area contributed by atoms with E-state index in [1.807, 2.05) is 107 Å². The predicted octanol–water partition coefficient (Wildman–Crippen LogP) is 7.28. The summed E-state index contributed by atoms with van der Waals surface area (Å²) in [6, 6.07) is 28.3. The standard InChI is InChI=1S/C44H55N4O9P/c1-30(2)48(31(3)4)58(55-27-13-25-45)57-37-28-43(40(50)42(5,6)7,47-26-24-39(49)46-41(47)51)56-38(37)29-54-44(32-14-11-10-12-15-32,33-16-20-35(52-8)21-17-33)34-18-22-36(53-9)23-19-34/h10-12,14-24,26,30-31,37-38H,13,27-29H2,1-9H3,(H,46,49,51)/t37-,38+,43-,58?/m0/s1. The Morgan fingerprint density at radius 1 is 0.914 bits per heavy atom. The van der Waals surface area contributed by atoms with Crippen molar-refractivity contribution in [2.24, 2.45) is 5.41 Å². The van der Waals surface area contributed by atoms with E-state index in [-0.39, 0.29) is 38.1 Å². The molecule has 1 aliphatic rings. The number of H-pyrrole nitrogens is 1. The van der Waals surface area contributed by atoms with Crippen LogP contribution in [0, 0.1) is 16.7 Å². The molecule has 0 radical (unpaired) electrons. The number of hydrogen-bond donors (Lipinski definition) is 1. The maximum absolute atomic E-state index is 14.8. The number of aromatic amines is 1. The van der Waals surface area contributed by atoms with Gasteiger partial charge in [0.15, 0.2) is 5.78 Å². The average molecular weight is 815 g/mol. The van der Waals surface area contributed by atoms with Crippen LogP contribution >= 0.6 is 8.53 Å². The smallest absolute Gasteiger partial charge is 0.331 e. The van der Waals surface area contributed by atoms with Gasteiger partial charge in [-0.2, -0.15) is 5.26 Å². The van der Waals surface area contributed by atoms with E-state index in [4.69, 9.17) is 28.0 Å². The van der Waals surface area contributed by atoms with Crippen LogP contribution in [-0.2, 0) is 34.6 Å². The molecule has 1 N–H and O–H groups in total. The van der Waals surface area contributed by atoms with Crippen molar-refractivity contribution in [1.82, 2.24) is 14.2 Å². The Morgan fingerprint density at radius 2 is 1.47 bits per heavy atom. The van der Waals surface area contributed by atoms with Crippen LogP contribution in [0.3, 0.4) is 0 Å². The molecule has 0 bridgehead atoms. The minimum Gasteiger partial charge on any atom is -0.497 e. The summed E-state index contributed by atoms with van der Waals surface area (Å²) in [5.41, 5.74) is -3.23. The van der Waals surface area contributed by atoms with Gasteiger partial charge in [-0.25, -0.2) is 9.46 Å². The van der Waals surface area contributed by atoms with E-state index in [2.05, 4.69) is 15.7 Å². The quantitative estimate of drug-likeness (QED) is 0.0613. The third kappa shape index (κ3) is 9.45. The van der Waals surface area contributed by atoms with E-state index >= 15 is 0 Å². The van der Waals surface area contributed by atoms with Gasteiger partial charge in [-0.3, -0.25) is 19.1 Å². The predicted molar refractivity (Wildman–Crippen MR) is 222 cm³/mol. The molecular weight excluding hydrogens is 759 g/mol. The number of nitrogens with one attached hydrogen (secondary N) is 1.